The third-order valence-electron chi connectivity index (χ3n) is 1.11. The minimum Gasteiger partial charge on any atom is -0.260 e. The normalized spacial score (nSPS) is 8.60. The van der Waals surface area contributed by atoms with Crippen LogP contribution in [0.2, 0.25) is 0 Å². The van der Waals surface area contributed by atoms with Crippen molar-refractivity contribution >= 4 is 24.0 Å². The molecule has 0 saturated carbocycles. The van der Waals surface area contributed by atoms with E-state index in [-0.39, 0.29) is 12.4 Å². The van der Waals surface area contributed by atoms with Gasteiger partial charge in [-0.15, -0.1) is 24.0 Å². The van der Waals surface area contributed by atoms with E-state index in [9.17, 15) is 0 Å². The van der Waals surface area contributed by atoms with Crippen LogP contribution in [0.3, 0.4) is 0 Å². The van der Waals surface area contributed by atoms with E-state index >= 15 is 0 Å². The molecular formula is C7H9Cl2N. The number of halogens is 2. The van der Waals surface area contributed by atoms with E-state index in [0.29, 0.717) is 5.88 Å². The van der Waals surface area contributed by atoms with E-state index in [1.807, 2.05) is 19.1 Å². The van der Waals surface area contributed by atoms with Crippen molar-refractivity contribution in [1.29, 1.82) is 0 Å². The zero-order chi connectivity index (χ0) is 6.69. The van der Waals surface area contributed by atoms with Gasteiger partial charge in [0.2, 0.25) is 0 Å². The van der Waals surface area contributed by atoms with Gasteiger partial charge in [-0.25, -0.2) is 0 Å². The van der Waals surface area contributed by atoms with Crippen molar-refractivity contribution in [2.75, 3.05) is 0 Å². The molecule has 1 aromatic rings. The van der Waals surface area contributed by atoms with Gasteiger partial charge in [-0.2, -0.15) is 0 Å². The Labute approximate surface area is 71.8 Å². The molecular weight excluding hydrogens is 169 g/mol. The van der Waals surface area contributed by atoms with Crippen LogP contribution < -0.4 is 0 Å². The van der Waals surface area contributed by atoms with Crippen LogP contribution in [0.15, 0.2) is 18.3 Å². The minimum atomic E-state index is 0. The third-order valence-corrected chi connectivity index (χ3v) is 1.38. The monoisotopic (exact) mass is 177 g/mol. The maximum atomic E-state index is 5.54. The average molecular weight is 178 g/mol. The molecule has 1 rings (SSSR count). The van der Waals surface area contributed by atoms with Crippen molar-refractivity contribution in [2.24, 2.45) is 0 Å². The highest BCUT2D eigenvalue weighted by molar-refractivity contribution is 6.16. The lowest BCUT2D eigenvalue weighted by Crippen LogP contribution is -1.83. The zero-order valence-electron chi connectivity index (χ0n) is 5.67. The Morgan fingerprint density at radius 3 is 2.70 bits per heavy atom. The highest BCUT2D eigenvalue weighted by Crippen LogP contribution is 2.01. The standard InChI is InChI=1S/C7H8ClN.ClH/c1-6-2-3-9-7(4-6)5-8;/h2-4H,5H2,1H3;1H. The summed E-state index contributed by atoms with van der Waals surface area (Å²) in [5.74, 6) is 0.502. The Hall–Kier alpha value is -0.270. The molecule has 1 nitrogen and oxygen atoms in total. The van der Waals surface area contributed by atoms with E-state index in [2.05, 4.69) is 4.98 Å². The lowest BCUT2D eigenvalue weighted by atomic mass is 10.3. The molecule has 0 atom stereocenters. The molecule has 0 aliphatic rings. The summed E-state index contributed by atoms with van der Waals surface area (Å²) in [4.78, 5) is 4.03. The summed E-state index contributed by atoms with van der Waals surface area (Å²) in [5.41, 5.74) is 2.15. The molecule has 0 spiro atoms. The molecule has 1 heterocycles. The molecule has 0 aliphatic heterocycles. The number of rotatable bonds is 1. The van der Waals surface area contributed by atoms with Crippen molar-refractivity contribution < 1.29 is 0 Å². The smallest absolute Gasteiger partial charge is 0.0647 e. The Kier molecular flexibility index (Phi) is 4.41. The van der Waals surface area contributed by atoms with Crippen molar-refractivity contribution in [3.63, 3.8) is 0 Å². The first-order valence-corrected chi connectivity index (χ1v) is 3.34. The van der Waals surface area contributed by atoms with Crippen molar-refractivity contribution in [1.82, 2.24) is 4.98 Å². The summed E-state index contributed by atoms with van der Waals surface area (Å²) in [6, 6.07) is 3.93. The molecule has 0 bridgehead atoms. The van der Waals surface area contributed by atoms with Gasteiger partial charge in [-0.05, 0) is 24.6 Å². The zero-order valence-corrected chi connectivity index (χ0v) is 7.25. The van der Waals surface area contributed by atoms with Crippen molar-refractivity contribution in [3.8, 4) is 0 Å². The van der Waals surface area contributed by atoms with E-state index < -0.39 is 0 Å². The van der Waals surface area contributed by atoms with Crippen LogP contribution in [0.1, 0.15) is 11.3 Å². The second-order valence-electron chi connectivity index (χ2n) is 1.96. The molecule has 0 unspecified atom stereocenters. The first-order chi connectivity index (χ1) is 4.33. The second kappa shape index (κ2) is 4.53. The van der Waals surface area contributed by atoms with Gasteiger partial charge in [-0.1, -0.05) is 0 Å². The van der Waals surface area contributed by atoms with Crippen LogP contribution in [0.25, 0.3) is 0 Å². The molecule has 0 N–H and O–H groups in total. The quantitative estimate of drug-likeness (QED) is 0.602. The first-order valence-electron chi connectivity index (χ1n) is 2.80. The molecule has 1 aromatic heterocycles. The second-order valence-corrected chi connectivity index (χ2v) is 2.23. The Morgan fingerprint density at radius 1 is 1.60 bits per heavy atom. The number of hydrogen-bond acceptors (Lipinski definition) is 1. The van der Waals surface area contributed by atoms with Gasteiger partial charge in [0.1, 0.15) is 0 Å². The van der Waals surface area contributed by atoms with Crippen molar-refractivity contribution in [2.45, 2.75) is 12.8 Å². The summed E-state index contributed by atoms with van der Waals surface area (Å²) < 4.78 is 0. The van der Waals surface area contributed by atoms with Crippen LogP contribution in [-0.2, 0) is 5.88 Å². The van der Waals surface area contributed by atoms with Gasteiger partial charge < -0.3 is 0 Å². The van der Waals surface area contributed by atoms with Crippen LogP contribution in [0.5, 0.6) is 0 Å². The summed E-state index contributed by atoms with van der Waals surface area (Å²) in [5, 5.41) is 0. The van der Waals surface area contributed by atoms with Gasteiger partial charge >= 0.3 is 0 Å². The molecule has 56 valence electrons. The molecule has 0 aromatic carbocycles. The fourth-order valence-electron chi connectivity index (χ4n) is 0.672. The summed E-state index contributed by atoms with van der Waals surface area (Å²) in [6.45, 7) is 2.03. The highest BCUT2D eigenvalue weighted by Gasteiger charge is 1.88. The van der Waals surface area contributed by atoms with Gasteiger partial charge in [-0.3, -0.25) is 4.98 Å². The fourth-order valence-corrected chi connectivity index (χ4v) is 0.818. The SMILES string of the molecule is Cc1ccnc(CCl)c1.Cl. The summed E-state index contributed by atoms with van der Waals surface area (Å²) in [7, 11) is 0. The predicted octanol–water partition coefficient (Wildman–Crippen LogP) is 2.55. The topological polar surface area (TPSA) is 12.9 Å². The lowest BCUT2D eigenvalue weighted by molar-refractivity contribution is 1.15. The van der Waals surface area contributed by atoms with Crippen LogP contribution in [0, 0.1) is 6.92 Å². The molecule has 0 radical (unpaired) electrons. The Balaban J connectivity index is 0.000000810. The largest absolute Gasteiger partial charge is 0.260 e. The molecule has 0 amide bonds. The van der Waals surface area contributed by atoms with Gasteiger partial charge in [0.05, 0.1) is 11.6 Å². The Morgan fingerprint density at radius 2 is 2.30 bits per heavy atom. The lowest BCUT2D eigenvalue weighted by Gasteiger charge is -1.93. The maximum absolute atomic E-state index is 5.54. The number of aromatic nitrogens is 1. The molecule has 0 fully saturated rings. The van der Waals surface area contributed by atoms with Gasteiger partial charge in [0, 0.05) is 6.20 Å². The van der Waals surface area contributed by atoms with E-state index in [4.69, 9.17) is 11.6 Å². The van der Waals surface area contributed by atoms with Crippen molar-refractivity contribution in [3.05, 3.63) is 29.6 Å². The number of nitrogens with zero attached hydrogens (tertiary/aromatic N) is 1. The number of pyridine rings is 1. The number of aryl methyl sites for hydroxylation is 1. The first kappa shape index (κ1) is 9.73. The molecule has 0 saturated heterocycles. The Bertz CT molecular complexity index is 201. The molecule has 0 aliphatic carbocycles. The predicted molar refractivity (Wildman–Crippen MR) is 45.8 cm³/mol. The summed E-state index contributed by atoms with van der Waals surface area (Å²) >= 11 is 5.54. The van der Waals surface area contributed by atoms with Crippen LogP contribution in [-0.4, -0.2) is 4.98 Å². The van der Waals surface area contributed by atoms with E-state index in [1.165, 1.54) is 5.56 Å². The molecule has 10 heavy (non-hydrogen) atoms. The highest BCUT2D eigenvalue weighted by atomic mass is 35.5. The number of hydrogen-bond donors (Lipinski definition) is 0. The average Bonchev–Trinajstić information content (AvgIpc) is 1.88. The van der Waals surface area contributed by atoms with Crippen LogP contribution in [0.4, 0.5) is 0 Å². The maximum Gasteiger partial charge on any atom is 0.0647 e. The van der Waals surface area contributed by atoms with E-state index in [1.54, 1.807) is 6.20 Å². The summed E-state index contributed by atoms with van der Waals surface area (Å²) in [6.07, 6.45) is 1.77. The molecule has 3 heteroatoms. The minimum absolute atomic E-state index is 0. The van der Waals surface area contributed by atoms with E-state index in [0.717, 1.165) is 5.69 Å². The van der Waals surface area contributed by atoms with Gasteiger partial charge in [0.25, 0.3) is 0 Å². The van der Waals surface area contributed by atoms with Gasteiger partial charge in [0.15, 0.2) is 0 Å². The fraction of sp³-hybridized carbons (Fsp3) is 0.286. The third kappa shape index (κ3) is 2.54. The number of alkyl halides is 1. The van der Waals surface area contributed by atoms with Crippen LogP contribution >= 0.6 is 24.0 Å².